The second kappa shape index (κ2) is 8.20. The van der Waals surface area contributed by atoms with Gasteiger partial charge in [0, 0.05) is 12.1 Å². The maximum absolute atomic E-state index is 12.1. The summed E-state index contributed by atoms with van der Waals surface area (Å²) in [4.78, 5) is 33.1. The first-order valence-corrected chi connectivity index (χ1v) is 9.05. The largest absolute Gasteiger partial charge is 0.507 e. The molecule has 0 radical (unpaired) electrons. The van der Waals surface area contributed by atoms with Gasteiger partial charge in [-0.1, -0.05) is 12.1 Å². The van der Waals surface area contributed by atoms with Crippen LogP contribution in [0.5, 0.6) is 11.5 Å². The topological polar surface area (TPSA) is 126 Å². The van der Waals surface area contributed by atoms with Gasteiger partial charge < -0.3 is 19.0 Å². The lowest BCUT2D eigenvalue weighted by molar-refractivity contribution is 0.431. The number of para-hydroxylation sites is 2. The summed E-state index contributed by atoms with van der Waals surface area (Å²) in [5, 5.41) is 20.3. The summed E-state index contributed by atoms with van der Waals surface area (Å²) in [6.45, 7) is 6.24. The highest BCUT2D eigenvalue weighted by Gasteiger charge is 2.15. The van der Waals surface area contributed by atoms with E-state index in [2.05, 4.69) is 9.98 Å². The van der Waals surface area contributed by atoms with E-state index in [1.54, 1.807) is 52.0 Å². The molecule has 0 fully saturated rings. The first-order chi connectivity index (χ1) is 14.2. The summed E-state index contributed by atoms with van der Waals surface area (Å²) in [7, 11) is 0. The van der Waals surface area contributed by atoms with Crippen LogP contribution in [0.3, 0.4) is 0 Å². The first-order valence-electron chi connectivity index (χ1n) is 9.05. The Morgan fingerprint density at radius 2 is 1.13 bits per heavy atom. The molecule has 30 heavy (non-hydrogen) atoms. The molecular weight excluding hydrogens is 388 g/mol. The van der Waals surface area contributed by atoms with Gasteiger partial charge in [0.15, 0.2) is 0 Å². The molecule has 2 aromatic heterocycles. The van der Waals surface area contributed by atoms with Crippen LogP contribution in [0, 0.1) is 13.8 Å². The molecule has 0 atom stereocenters. The maximum atomic E-state index is 12.1. The van der Waals surface area contributed by atoms with Gasteiger partial charge in [-0.15, -0.1) is 0 Å². The summed E-state index contributed by atoms with van der Waals surface area (Å²) < 4.78 is 10.1. The van der Waals surface area contributed by atoms with E-state index < -0.39 is 11.3 Å². The summed E-state index contributed by atoms with van der Waals surface area (Å²) in [6, 6.07) is 9.47. The van der Waals surface area contributed by atoms with Gasteiger partial charge in [-0.25, -0.2) is 9.59 Å². The monoisotopic (exact) mass is 408 g/mol. The first kappa shape index (κ1) is 20.8. The van der Waals surface area contributed by atoms with Crippen LogP contribution in [-0.4, -0.2) is 21.6 Å². The van der Waals surface area contributed by atoms with Crippen molar-refractivity contribution in [3.63, 3.8) is 0 Å². The van der Waals surface area contributed by atoms with E-state index in [1.165, 1.54) is 12.1 Å². The lowest BCUT2D eigenvalue weighted by Crippen LogP contribution is -2.13. The van der Waals surface area contributed by atoms with Crippen molar-refractivity contribution < 1.29 is 19.0 Å². The Balaban J connectivity index is 2.10. The van der Waals surface area contributed by atoms with Gasteiger partial charge in [-0.05, 0) is 39.8 Å². The number of aryl methyl sites for hydroxylation is 2. The number of benzene rings is 1. The van der Waals surface area contributed by atoms with Crippen molar-refractivity contribution in [1.29, 1.82) is 0 Å². The second-order valence-corrected chi connectivity index (χ2v) is 6.69. The zero-order valence-corrected chi connectivity index (χ0v) is 16.9. The third-order valence-electron chi connectivity index (χ3n) is 4.29. The lowest BCUT2D eigenvalue weighted by atomic mass is 10.1. The fraction of sp³-hybridized carbons (Fsp3) is 0.182. The Kier molecular flexibility index (Phi) is 5.68. The third-order valence-corrected chi connectivity index (χ3v) is 4.29. The fourth-order valence-electron chi connectivity index (χ4n) is 2.98. The average molecular weight is 408 g/mol. The van der Waals surface area contributed by atoms with Gasteiger partial charge in [0.25, 0.3) is 0 Å². The minimum Gasteiger partial charge on any atom is -0.507 e. The van der Waals surface area contributed by atoms with Crippen molar-refractivity contribution in [3.05, 3.63) is 79.9 Å². The molecule has 0 bridgehead atoms. The maximum Gasteiger partial charge on any atom is 0.348 e. The molecule has 8 nitrogen and oxygen atoms in total. The standard InChI is InChI=1S/C22H20N2O6/c1-11-9-17(25)19(21(27)29-11)13(3)23-15-7-5-6-8-16(15)24-14(4)20-18(26)10-12(2)30-22(20)28/h5-10,25-26H,1-4H3. The Morgan fingerprint density at radius 1 is 0.767 bits per heavy atom. The average Bonchev–Trinajstić information content (AvgIpc) is 2.61. The summed E-state index contributed by atoms with van der Waals surface area (Å²) in [6.07, 6.45) is 0. The van der Waals surface area contributed by atoms with Crippen molar-refractivity contribution in [2.24, 2.45) is 9.98 Å². The van der Waals surface area contributed by atoms with Crippen LogP contribution < -0.4 is 11.3 Å². The van der Waals surface area contributed by atoms with Crippen LogP contribution in [0.15, 0.2) is 64.8 Å². The molecule has 0 aliphatic rings. The third kappa shape index (κ3) is 4.22. The number of rotatable bonds is 4. The summed E-state index contributed by atoms with van der Waals surface area (Å²) in [5.41, 5.74) is -0.241. The van der Waals surface area contributed by atoms with Crippen LogP contribution in [0.1, 0.15) is 36.5 Å². The molecular formula is C22H20N2O6. The molecule has 0 aliphatic heterocycles. The SMILES string of the molecule is CC(=Nc1ccccc1N=C(C)c1c(O)cc(C)oc1=O)c1c(O)cc(C)oc1=O. The molecule has 2 N–H and O–H groups in total. The normalized spacial score (nSPS) is 12.3. The Morgan fingerprint density at radius 3 is 1.47 bits per heavy atom. The molecule has 0 saturated carbocycles. The van der Waals surface area contributed by atoms with E-state index in [1.807, 2.05) is 0 Å². The molecule has 154 valence electrons. The van der Waals surface area contributed by atoms with Crippen molar-refractivity contribution in [3.8, 4) is 11.5 Å². The zero-order valence-electron chi connectivity index (χ0n) is 16.9. The van der Waals surface area contributed by atoms with Gasteiger partial charge in [-0.2, -0.15) is 0 Å². The highest BCUT2D eigenvalue weighted by molar-refractivity contribution is 6.04. The molecule has 0 saturated heterocycles. The van der Waals surface area contributed by atoms with Crippen LogP contribution in [0.4, 0.5) is 11.4 Å². The highest BCUT2D eigenvalue weighted by atomic mass is 16.4. The van der Waals surface area contributed by atoms with Crippen molar-refractivity contribution in [1.82, 2.24) is 0 Å². The predicted molar refractivity (Wildman–Crippen MR) is 113 cm³/mol. The number of aromatic hydroxyl groups is 2. The van der Waals surface area contributed by atoms with Crippen LogP contribution in [0.2, 0.25) is 0 Å². The molecule has 0 spiro atoms. The van der Waals surface area contributed by atoms with E-state index in [9.17, 15) is 19.8 Å². The molecule has 3 aromatic rings. The molecule has 3 rings (SSSR count). The predicted octanol–water partition coefficient (Wildman–Crippen LogP) is 3.90. The summed E-state index contributed by atoms with van der Waals surface area (Å²) >= 11 is 0. The molecule has 0 unspecified atom stereocenters. The smallest absolute Gasteiger partial charge is 0.348 e. The van der Waals surface area contributed by atoms with Crippen molar-refractivity contribution >= 4 is 22.8 Å². The molecule has 0 aliphatic carbocycles. The molecule has 8 heteroatoms. The fourth-order valence-corrected chi connectivity index (χ4v) is 2.98. The van der Waals surface area contributed by atoms with E-state index in [0.29, 0.717) is 11.4 Å². The molecule has 2 heterocycles. The van der Waals surface area contributed by atoms with Crippen LogP contribution in [0.25, 0.3) is 0 Å². The van der Waals surface area contributed by atoms with E-state index in [4.69, 9.17) is 8.83 Å². The van der Waals surface area contributed by atoms with Gasteiger partial charge in [0.05, 0.1) is 22.8 Å². The van der Waals surface area contributed by atoms with Crippen LogP contribution in [-0.2, 0) is 0 Å². The minimum atomic E-state index is -0.701. The Labute approximate surface area is 171 Å². The van der Waals surface area contributed by atoms with Gasteiger partial charge in [0.2, 0.25) is 0 Å². The molecule has 0 amide bonds. The molecule has 1 aromatic carbocycles. The Hall–Kier alpha value is -3.94. The number of hydrogen-bond donors (Lipinski definition) is 2. The highest BCUT2D eigenvalue weighted by Crippen LogP contribution is 2.30. The second-order valence-electron chi connectivity index (χ2n) is 6.69. The summed E-state index contributed by atoms with van der Waals surface area (Å²) in [5.74, 6) is 0.103. The number of hydrogen-bond acceptors (Lipinski definition) is 8. The Bertz CT molecular complexity index is 1200. The number of aliphatic imine (C=N–C) groups is 2. The minimum absolute atomic E-state index is 0.0482. The quantitative estimate of drug-likeness (QED) is 0.631. The van der Waals surface area contributed by atoms with Gasteiger partial charge in [-0.3, -0.25) is 9.98 Å². The van der Waals surface area contributed by atoms with E-state index in [0.717, 1.165) is 0 Å². The van der Waals surface area contributed by atoms with Crippen molar-refractivity contribution in [2.45, 2.75) is 27.7 Å². The van der Waals surface area contributed by atoms with Crippen molar-refractivity contribution in [2.75, 3.05) is 0 Å². The van der Waals surface area contributed by atoms with Crippen LogP contribution >= 0.6 is 0 Å². The van der Waals surface area contributed by atoms with E-state index in [-0.39, 0.29) is 45.6 Å². The zero-order chi connectivity index (χ0) is 22.0. The van der Waals surface area contributed by atoms with Gasteiger partial charge in [0.1, 0.15) is 34.1 Å². The lowest BCUT2D eigenvalue weighted by Gasteiger charge is -2.07. The van der Waals surface area contributed by atoms with E-state index >= 15 is 0 Å². The van der Waals surface area contributed by atoms with Gasteiger partial charge >= 0.3 is 11.3 Å². The number of nitrogens with zero attached hydrogens (tertiary/aromatic N) is 2.